The van der Waals surface area contributed by atoms with E-state index in [1.54, 1.807) is 0 Å². The molecule has 156 valence electrons. The number of thioether (sulfide) groups is 1. The third kappa shape index (κ3) is 4.75. The van der Waals surface area contributed by atoms with Gasteiger partial charge in [0.25, 0.3) is 0 Å². The van der Waals surface area contributed by atoms with E-state index in [0.29, 0.717) is 11.7 Å². The molecule has 6 heteroatoms. The number of para-hydroxylation sites is 1. The molecule has 1 N–H and O–H groups in total. The van der Waals surface area contributed by atoms with E-state index in [2.05, 4.69) is 38.3 Å². The third-order valence-corrected chi connectivity index (χ3v) is 6.57. The van der Waals surface area contributed by atoms with Crippen molar-refractivity contribution in [1.82, 2.24) is 14.8 Å². The van der Waals surface area contributed by atoms with Crippen molar-refractivity contribution in [3.05, 3.63) is 65.5 Å². The second kappa shape index (κ2) is 9.47. The van der Waals surface area contributed by atoms with Gasteiger partial charge in [-0.05, 0) is 56.0 Å². The van der Waals surface area contributed by atoms with E-state index in [0.717, 1.165) is 46.3 Å². The Balaban J connectivity index is 1.53. The molecule has 0 saturated heterocycles. The molecule has 5 nitrogen and oxygen atoms in total. The summed E-state index contributed by atoms with van der Waals surface area (Å²) in [5, 5.41) is 12.8. The van der Waals surface area contributed by atoms with Crippen LogP contribution in [0.1, 0.15) is 55.0 Å². The molecule has 1 fully saturated rings. The Morgan fingerprint density at radius 1 is 1.07 bits per heavy atom. The molecule has 3 aromatic rings. The lowest BCUT2D eigenvalue weighted by molar-refractivity contribution is -0.113. The summed E-state index contributed by atoms with van der Waals surface area (Å²) in [5.41, 5.74) is 4.11. The van der Waals surface area contributed by atoms with Gasteiger partial charge in [-0.2, -0.15) is 0 Å². The maximum Gasteiger partial charge on any atom is 0.234 e. The minimum absolute atomic E-state index is 0.0319. The Bertz CT molecular complexity index is 1010. The highest BCUT2D eigenvalue weighted by atomic mass is 32.2. The van der Waals surface area contributed by atoms with Gasteiger partial charge in [0.05, 0.1) is 5.75 Å². The highest BCUT2D eigenvalue weighted by Crippen LogP contribution is 2.34. The maximum absolute atomic E-state index is 12.6. The molecule has 0 radical (unpaired) electrons. The molecule has 1 amide bonds. The molecule has 30 heavy (non-hydrogen) atoms. The number of hydrogen-bond donors (Lipinski definition) is 1. The normalized spacial score (nSPS) is 14.6. The monoisotopic (exact) mass is 420 g/mol. The number of carbonyl (C=O) groups is 1. The Kier molecular flexibility index (Phi) is 6.53. The first kappa shape index (κ1) is 20.7. The molecule has 0 unspecified atom stereocenters. The average molecular weight is 421 g/mol. The predicted octanol–water partition coefficient (Wildman–Crippen LogP) is 5.66. The number of nitrogens with one attached hydrogen (secondary N) is 1. The van der Waals surface area contributed by atoms with Crippen LogP contribution in [-0.2, 0) is 4.79 Å². The van der Waals surface area contributed by atoms with Crippen molar-refractivity contribution in [2.24, 2.45) is 0 Å². The Morgan fingerprint density at radius 2 is 1.83 bits per heavy atom. The van der Waals surface area contributed by atoms with Crippen molar-refractivity contribution in [2.75, 3.05) is 11.1 Å². The third-order valence-electron chi connectivity index (χ3n) is 5.64. The fourth-order valence-corrected chi connectivity index (χ4v) is 4.77. The first-order valence-corrected chi connectivity index (χ1v) is 11.6. The summed E-state index contributed by atoms with van der Waals surface area (Å²) in [6.07, 6.45) is 6.10. The number of aryl methyl sites for hydroxylation is 2. The Morgan fingerprint density at radius 3 is 2.60 bits per heavy atom. The minimum atomic E-state index is -0.0319. The van der Waals surface area contributed by atoms with E-state index < -0.39 is 0 Å². The van der Waals surface area contributed by atoms with E-state index in [4.69, 9.17) is 0 Å². The molecule has 0 spiro atoms. The van der Waals surface area contributed by atoms with E-state index in [-0.39, 0.29) is 5.91 Å². The topological polar surface area (TPSA) is 59.8 Å². The summed E-state index contributed by atoms with van der Waals surface area (Å²) in [5.74, 6) is 1.72. The van der Waals surface area contributed by atoms with Crippen LogP contribution in [0.25, 0.3) is 5.69 Å². The summed E-state index contributed by atoms with van der Waals surface area (Å²) in [4.78, 5) is 12.6. The summed E-state index contributed by atoms with van der Waals surface area (Å²) < 4.78 is 2.14. The number of anilines is 1. The Labute approximate surface area is 182 Å². The van der Waals surface area contributed by atoms with E-state index in [1.807, 2.05) is 44.2 Å². The molecule has 0 bridgehead atoms. The molecule has 4 rings (SSSR count). The van der Waals surface area contributed by atoms with Crippen LogP contribution in [0.4, 0.5) is 5.69 Å². The van der Waals surface area contributed by atoms with Gasteiger partial charge in [0.15, 0.2) is 5.16 Å². The zero-order chi connectivity index (χ0) is 20.9. The molecule has 0 atom stereocenters. The van der Waals surface area contributed by atoms with Crippen LogP contribution >= 0.6 is 11.8 Å². The lowest BCUT2D eigenvalue weighted by Crippen LogP contribution is -2.16. The minimum Gasteiger partial charge on any atom is -0.325 e. The number of rotatable bonds is 6. The number of carbonyl (C=O) groups excluding carboxylic acids is 1. The smallest absolute Gasteiger partial charge is 0.234 e. The van der Waals surface area contributed by atoms with Gasteiger partial charge in [-0.3, -0.25) is 9.36 Å². The first-order chi connectivity index (χ1) is 14.6. The fraction of sp³-hybridized carbons (Fsp3) is 0.375. The van der Waals surface area contributed by atoms with Crippen LogP contribution in [0.3, 0.4) is 0 Å². The van der Waals surface area contributed by atoms with Gasteiger partial charge < -0.3 is 5.32 Å². The van der Waals surface area contributed by atoms with Crippen molar-refractivity contribution in [2.45, 2.75) is 57.0 Å². The van der Waals surface area contributed by atoms with E-state index in [1.165, 1.54) is 31.0 Å². The first-order valence-electron chi connectivity index (χ1n) is 10.6. The summed E-state index contributed by atoms with van der Waals surface area (Å²) in [7, 11) is 0. The molecular weight excluding hydrogens is 392 g/mol. The molecule has 1 aliphatic carbocycles. The number of nitrogens with zero attached hydrogens (tertiary/aromatic N) is 3. The standard InChI is InChI=1S/C24H28N4OS/c1-17-13-14-18(2)21(15-17)25-22(29)16-30-24-27-26-23(19-9-5-3-6-10-19)28(24)20-11-7-4-8-12-20/h4,7-8,11-15,19H,3,5-6,9-10,16H2,1-2H3,(H,25,29). The molecular formula is C24H28N4OS. The average Bonchev–Trinajstić information content (AvgIpc) is 3.20. The van der Waals surface area contributed by atoms with Gasteiger partial charge in [0.2, 0.25) is 5.91 Å². The number of amides is 1. The number of benzene rings is 2. The lowest BCUT2D eigenvalue weighted by atomic mass is 9.88. The molecule has 1 aromatic heterocycles. The Hall–Kier alpha value is -2.60. The van der Waals surface area contributed by atoms with Crippen molar-refractivity contribution in [3.63, 3.8) is 0 Å². The number of hydrogen-bond acceptors (Lipinski definition) is 4. The second-order valence-electron chi connectivity index (χ2n) is 8.00. The van der Waals surface area contributed by atoms with Gasteiger partial charge in [0.1, 0.15) is 5.82 Å². The highest BCUT2D eigenvalue weighted by molar-refractivity contribution is 7.99. The maximum atomic E-state index is 12.6. The van der Waals surface area contributed by atoms with Crippen molar-refractivity contribution < 1.29 is 4.79 Å². The fourth-order valence-electron chi connectivity index (χ4n) is 4.01. The van der Waals surface area contributed by atoms with Crippen LogP contribution in [0, 0.1) is 13.8 Å². The van der Waals surface area contributed by atoms with Crippen molar-refractivity contribution in [3.8, 4) is 5.69 Å². The SMILES string of the molecule is Cc1ccc(C)c(NC(=O)CSc2nnc(C3CCCCC3)n2-c2ccccc2)c1. The second-order valence-corrected chi connectivity index (χ2v) is 8.94. The summed E-state index contributed by atoms with van der Waals surface area (Å²) >= 11 is 1.44. The zero-order valence-corrected chi connectivity index (χ0v) is 18.4. The summed E-state index contributed by atoms with van der Waals surface area (Å²) in [6, 6.07) is 16.3. The van der Waals surface area contributed by atoms with E-state index >= 15 is 0 Å². The highest BCUT2D eigenvalue weighted by Gasteiger charge is 2.24. The van der Waals surface area contributed by atoms with Crippen molar-refractivity contribution in [1.29, 1.82) is 0 Å². The quantitative estimate of drug-likeness (QED) is 0.523. The van der Waals surface area contributed by atoms with Gasteiger partial charge in [-0.25, -0.2) is 0 Å². The molecule has 1 heterocycles. The summed E-state index contributed by atoms with van der Waals surface area (Å²) in [6.45, 7) is 4.03. The van der Waals surface area contributed by atoms with Gasteiger partial charge in [0, 0.05) is 17.3 Å². The van der Waals surface area contributed by atoms with Crippen LogP contribution in [-0.4, -0.2) is 26.4 Å². The predicted molar refractivity (Wildman–Crippen MR) is 122 cm³/mol. The molecule has 2 aromatic carbocycles. The van der Waals surface area contributed by atoms with Crippen LogP contribution < -0.4 is 5.32 Å². The molecule has 1 aliphatic rings. The zero-order valence-electron chi connectivity index (χ0n) is 17.6. The molecule has 1 saturated carbocycles. The van der Waals surface area contributed by atoms with Gasteiger partial charge in [-0.1, -0.05) is 61.4 Å². The van der Waals surface area contributed by atoms with Gasteiger partial charge in [-0.15, -0.1) is 10.2 Å². The van der Waals surface area contributed by atoms with E-state index in [9.17, 15) is 4.79 Å². The van der Waals surface area contributed by atoms with Crippen LogP contribution in [0.2, 0.25) is 0 Å². The lowest BCUT2D eigenvalue weighted by Gasteiger charge is -2.22. The van der Waals surface area contributed by atoms with Gasteiger partial charge >= 0.3 is 0 Å². The van der Waals surface area contributed by atoms with Crippen LogP contribution in [0.15, 0.2) is 53.7 Å². The number of aromatic nitrogens is 3. The van der Waals surface area contributed by atoms with Crippen molar-refractivity contribution >= 4 is 23.4 Å². The van der Waals surface area contributed by atoms with Crippen LogP contribution in [0.5, 0.6) is 0 Å². The largest absolute Gasteiger partial charge is 0.325 e. The molecule has 0 aliphatic heterocycles.